The Balaban J connectivity index is 2.06. The maximum absolute atomic E-state index is 13.0. The molecule has 0 fully saturated rings. The van der Waals surface area contributed by atoms with E-state index in [-0.39, 0.29) is 16.5 Å². The van der Waals surface area contributed by atoms with E-state index in [4.69, 9.17) is 28.2 Å². The first-order valence-corrected chi connectivity index (χ1v) is 9.82. The second-order valence-electron chi connectivity index (χ2n) is 6.66. The minimum atomic E-state index is -0.428. The van der Waals surface area contributed by atoms with Crippen molar-refractivity contribution in [2.24, 2.45) is 0 Å². The standard InChI is InChI=1S/C21H21Cl2N3O2/c1-4-11-26-19(24-18-8-6-5-7-16(18)21(26)28)13(2)25(3)20(27)15-10-9-14(22)12-17(15)23/h5-10,12-13H,4,11H2,1-3H3. The molecule has 0 radical (unpaired) electrons. The van der Waals surface area contributed by atoms with E-state index in [0.717, 1.165) is 6.42 Å². The molecule has 28 heavy (non-hydrogen) atoms. The van der Waals surface area contributed by atoms with Gasteiger partial charge in [0.05, 0.1) is 27.5 Å². The molecule has 0 N–H and O–H groups in total. The Morgan fingerprint density at radius 3 is 2.61 bits per heavy atom. The predicted molar refractivity (Wildman–Crippen MR) is 113 cm³/mol. The zero-order chi connectivity index (χ0) is 20.4. The third kappa shape index (κ3) is 3.77. The van der Waals surface area contributed by atoms with Gasteiger partial charge in [0.2, 0.25) is 0 Å². The van der Waals surface area contributed by atoms with Gasteiger partial charge in [0, 0.05) is 18.6 Å². The normalized spacial score (nSPS) is 12.2. The highest BCUT2D eigenvalue weighted by molar-refractivity contribution is 6.36. The smallest absolute Gasteiger partial charge is 0.261 e. The lowest BCUT2D eigenvalue weighted by atomic mass is 10.1. The highest BCUT2D eigenvalue weighted by Crippen LogP contribution is 2.26. The van der Waals surface area contributed by atoms with Gasteiger partial charge in [-0.2, -0.15) is 0 Å². The Morgan fingerprint density at radius 2 is 1.93 bits per heavy atom. The van der Waals surface area contributed by atoms with Crippen LogP contribution in [-0.4, -0.2) is 27.4 Å². The predicted octanol–water partition coefficient (Wildman–Crippen LogP) is 4.95. The molecule has 1 atom stereocenters. The molecule has 0 aliphatic carbocycles. The molecule has 1 aromatic heterocycles. The van der Waals surface area contributed by atoms with Gasteiger partial charge in [-0.25, -0.2) is 4.98 Å². The minimum Gasteiger partial charge on any atom is -0.332 e. The Kier molecular flexibility index (Phi) is 6.06. The number of rotatable bonds is 5. The van der Waals surface area contributed by atoms with Crippen molar-refractivity contribution in [3.05, 3.63) is 74.3 Å². The second-order valence-corrected chi connectivity index (χ2v) is 7.50. The third-order valence-corrected chi connectivity index (χ3v) is 5.32. The van der Waals surface area contributed by atoms with Crippen molar-refractivity contribution >= 4 is 40.0 Å². The number of aromatic nitrogens is 2. The first kappa shape index (κ1) is 20.4. The van der Waals surface area contributed by atoms with Crippen molar-refractivity contribution in [3.8, 4) is 0 Å². The van der Waals surface area contributed by atoms with Crippen LogP contribution in [0.25, 0.3) is 10.9 Å². The van der Waals surface area contributed by atoms with Crippen LogP contribution in [0.3, 0.4) is 0 Å². The number of benzene rings is 2. The van der Waals surface area contributed by atoms with Gasteiger partial charge < -0.3 is 4.90 Å². The van der Waals surface area contributed by atoms with Crippen LogP contribution in [0.1, 0.15) is 42.5 Å². The van der Waals surface area contributed by atoms with E-state index < -0.39 is 6.04 Å². The van der Waals surface area contributed by atoms with Crippen LogP contribution < -0.4 is 5.56 Å². The monoisotopic (exact) mass is 417 g/mol. The lowest BCUT2D eigenvalue weighted by molar-refractivity contribution is 0.0733. The van der Waals surface area contributed by atoms with Gasteiger partial charge >= 0.3 is 0 Å². The topological polar surface area (TPSA) is 55.2 Å². The summed E-state index contributed by atoms with van der Waals surface area (Å²) in [4.78, 5) is 32.2. The summed E-state index contributed by atoms with van der Waals surface area (Å²) in [7, 11) is 1.68. The van der Waals surface area contributed by atoms with Crippen molar-refractivity contribution in [3.63, 3.8) is 0 Å². The molecule has 5 nitrogen and oxygen atoms in total. The van der Waals surface area contributed by atoms with E-state index in [1.807, 2.05) is 26.0 Å². The van der Waals surface area contributed by atoms with E-state index in [2.05, 4.69) is 0 Å². The molecule has 1 unspecified atom stereocenters. The number of halogens is 2. The first-order valence-electron chi connectivity index (χ1n) is 9.06. The summed E-state index contributed by atoms with van der Waals surface area (Å²) in [5.41, 5.74) is 0.873. The van der Waals surface area contributed by atoms with Gasteiger partial charge in [-0.05, 0) is 43.7 Å². The van der Waals surface area contributed by atoms with Gasteiger partial charge in [-0.15, -0.1) is 0 Å². The minimum absolute atomic E-state index is 0.0975. The molecular formula is C21H21Cl2N3O2. The fourth-order valence-corrected chi connectivity index (χ4v) is 3.64. The van der Waals surface area contributed by atoms with Gasteiger partial charge in [0.15, 0.2) is 0 Å². The van der Waals surface area contributed by atoms with Crippen LogP contribution >= 0.6 is 23.2 Å². The van der Waals surface area contributed by atoms with Crippen molar-refractivity contribution < 1.29 is 4.79 Å². The zero-order valence-corrected chi connectivity index (χ0v) is 17.5. The number of carbonyl (C=O) groups excluding carboxylic acids is 1. The number of hydrogen-bond acceptors (Lipinski definition) is 3. The SMILES string of the molecule is CCCn1c(C(C)N(C)C(=O)c2ccc(Cl)cc2Cl)nc2ccccc2c1=O. The molecular weight excluding hydrogens is 397 g/mol. The van der Waals surface area contributed by atoms with Crippen LogP contribution in [0.4, 0.5) is 0 Å². The number of nitrogens with zero attached hydrogens (tertiary/aromatic N) is 3. The van der Waals surface area contributed by atoms with Crippen molar-refractivity contribution in [2.75, 3.05) is 7.05 Å². The molecule has 2 aromatic carbocycles. The number of amides is 1. The molecule has 1 amide bonds. The highest BCUT2D eigenvalue weighted by Gasteiger charge is 2.25. The Morgan fingerprint density at radius 1 is 1.21 bits per heavy atom. The Bertz CT molecular complexity index is 1090. The molecule has 0 aliphatic heterocycles. The summed E-state index contributed by atoms with van der Waals surface area (Å²) in [5.74, 6) is 0.283. The van der Waals surface area contributed by atoms with Crippen molar-refractivity contribution in [1.29, 1.82) is 0 Å². The van der Waals surface area contributed by atoms with Crippen LogP contribution in [0.2, 0.25) is 10.0 Å². The number of para-hydroxylation sites is 1. The third-order valence-electron chi connectivity index (χ3n) is 4.77. The molecule has 0 bridgehead atoms. The highest BCUT2D eigenvalue weighted by atomic mass is 35.5. The number of hydrogen-bond donors (Lipinski definition) is 0. The summed E-state index contributed by atoms with van der Waals surface area (Å²) in [6, 6.07) is 11.6. The molecule has 0 saturated carbocycles. The summed E-state index contributed by atoms with van der Waals surface area (Å²) in [5, 5.41) is 1.32. The fraction of sp³-hybridized carbons (Fsp3) is 0.286. The molecule has 0 spiro atoms. The fourth-order valence-electron chi connectivity index (χ4n) is 3.15. The molecule has 146 valence electrons. The van der Waals surface area contributed by atoms with E-state index in [1.165, 1.54) is 11.0 Å². The number of carbonyl (C=O) groups is 1. The van der Waals surface area contributed by atoms with E-state index in [9.17, 15) is 9.59 Å². The maximum Gasteiger partial charge on any atom is 0.261 e. The quantitative estimate of drug-likeness (QED) is 0.590. The first-order chi connectivity index (χ1) is 13.3. The molecule has 1 heterocycles. The second kappa shape index (κ2) is 8.33. The average Bonchev–Trinajstić information content (AvgIpc) is 2.68. The Labute approximate surface area is 173 Å². The van der Waals surface area contributed by atoms with Crippen molar-refractivity contribution in [1.82, 2.24) is 14.5 Å². The maximum atomic E-state index is 13.0. The van der Waals surface area contributed by atoms with Gasteiger partial charge in [0.25, 0.3) is 11.5 Å². The van der Waals surface area contributed by atoms with E-state index in [1.54, 1.807) is 35.9 Å². The van der Waals surface area contributed by atoms with Gasteiger partial charge in [-0.1, -0.05) is 42.3 Å². The summed E-state index contributed by atoms with van der Waals surface area (Å²) < 4.78 is 1.65. The molecule has 3 aromatic rings. The van der Waals surface area contributed by atoms with Crippen molar-refractivity contribution in [2.45, 2.75) is 32.9 Å². The van der Waals surface area contributed by atoms with Crippen LogP contribution in [0.15, 0.2) is 47.3 Å². The summed E-state index contributed by atoms with van der Waals surface area (Å²) >= 11 is 12.1. The molecule has 0 aliphatic rings. The summed E-state index contributed by atoms with van der Waals surface area (Å²) in [6.45, 7) is 4.38. The molecule has 3 rings (SSSR count). The molecule has 0 saturated heterocycles. The van der Waals surface area contributed by atoms with Gasteiger partial charge in [0.1, 0.15) is 5.82 Å². The lowest BCUT2D eigenvalue weighted by Crippen LogP contribution is -2.35. The van der Waals surface area contributed by atoms with Gasteiger partial charge in [-0.3, -0.25) is 14.2 Å². The average molecular weight is 418 g/mol. The van der Waals surface area contributed by atoms with Crippen LogP contribution in [0, 0.1) is 0 Å². The lowest BCUT2D eigenvalue weighted by Gasteiger charge is -2.27. The Hall–Kier alpha value is -2.37. The van der Waals surface area contributed by atoms with E-state index >= 15 is 0 Å². The van der Waals surface area contributed by atoms with Crippen LogP contribution in [-0.2, 0) is 6.54 Å². The summed E-state index contributed by atoms with van der Waals surface area (Å²) in [6.07, 6.45) is 0.778. The zero-order valence-electron chi connectivity index (χ0n) is 15.9. The largest absolute Gasteiger partial charge is 0.332 e. The van der Waals surface area contributed by atoms with E-state index in [0.29, 0.717) is 33.9 Å². The molecule has 7 heteroatoms. The van der Waals surface area contributed by atoms with Crippen LogP contribution in [0.5, 0.6) is 0 Å². The number of fused-ring (bicyclic) bond motifs is 1.